The Morgan fingerprint density at radius 2 is 1.94 bits per heavy atom. The minimum absolute atomic E-state index is 0.188. The first-order chi connectivity index (χ1) is 8.17. The van der Waals surface area contributed by atoms with Crippen LogP contribution in [0.1, 0.15) is 31.2 Å². The van der Waals surface area contributed by atoms with Crippen LogP contribution in [0.3, 0.4) is 0 Å². The zero-order valence-electron chi connectivity index (χ0n) is 10.6. The van der Waals surface area contributed by atoms with Gasteiger partial charge in [-0.3, -0.25) is 0 Å². The fourth-order valence-electron chi connectivity index (χ4n) is 2.71. The molecule has 3 heteroatoms. The molecule has 1 aliphatic carbocycles. The molecule has 1 N–H and O–H groups in total. The second-order valence-electron chi connectivity index (χ2n) is 4.72. The van der Waals surface area contributed by atoms with Crippen LogP contribution in [0.15, 0.2) is 18.2 Å². The Hall–Kier alpha value is -1.22. The highest BCUT2D eigenvalue weighted by Gasteiger charge is 2.33. The van der Waals surface area contributed by atoms with Gasteiger partial charge in [-0.1, -0.05) is 13.0 Å². The van der Waals surface area contributed by atoms with E-state index in [4.69, 9.17) is 9.47 Å². The summed E-state index contributed by atoms with van der Waals surface area (Å²) in [5.41, 5.74) is 1.18. The standard InChI is InChI=1S/C14H20O3/c1-9-11(6-7-13(9)15)12-5-4-10(16-2)8-14(12)17-3/h4-5,8-9,11,13,15H,6-7H2,1-3H3. The Kier molecular flexibility index (Phi) is 3.57. The molecular weight excluding hydrogens is 216 g/mol. The van der Waals surface area contributed by atoms with Gasteiger partial charge in [-0.15, -0.1) is 0 Å². The summed E-state index contributed by atoms with van der Waals surface area (Å²) in [6.45, 7) is 2.10. The molecule has 3 atom stereocenters. The summed E-state index contributed by atoms with van der Waals surface area (Å²) in [5.74, 6) is 2.33. The van der Waals surface area contributed by atoms with Crippen LogP contribution in [0.25, 0.3) is 0 Å². The fraction of sp³-hybridized carbons (Fsp3) is 0.571. The highest BCUT2D eigenvalue weighted by molar-refractivity contribution is 5.43. The first kappa shape index (κ1) is 12.2. The van der Waals surface area contributed by atoms with Crippen LogP contribution in [0.4, 0.5) is 0 Å². The lowest BCUT2D eigenvalue weighted by Crippen LogP contribution is -2.14. The van der Waals surface area contributed by atoms with E-state index in [0.29, 0.717) is 5.92 Å². The summed E-state index contributed by atoms with van der Waals surface area (Å²) in [6, 6.07) is 5.92. The van der Waals surface area contributed by atoms with Gasteiger partial charge >= 0.3 is 0 Å². The Morgan fingerprint density at radius 3 is 2.47 bits per heavy atom. The minimum Gasteiger partial charge on any atom is -0.497 e. The highest BCUT2D eigenvalue weighted by Crippen LogP contribution is 2.43. The molecule has 1 aromatic rings. The molecule has 1 saturated carbocycles. The quantitative estimate of drug-likeness (QED) is 0.876. The third kappa shape index (κ3) is 2.25. The molecule has 17 heavy (non-hydrogen) atoms. The van der Waals surface area contributed by atoms with Gasteiger partial charge in [0, 0.05) is 6.07 Å². The smallest absolute Gasteiger partial charge is 0.126 e. The number of ether oxygens (including phenoxy) is 2. The molecule has 0 heterocycles. The molecule has 94 valence electrons. The molecule has 0 amide bonds. The average molecular weight is 236 g/mol. The molecule has 0 aromatic heterocycles. The predicted octanol–water partition coefficient (Wildman–Crippen LogP) is 2.58. The molecular formula is C14H20O3. The second kappa shape index (κ2) is 4.96. The number of benzene rings is 1. The van der Waals surface area contributed by atoms with E-state index in [1.807, 2.05) is 12.1 Å². The van der Waals surface area contributed by atoms with Crippen LogP contribution in [-0.4, -0.2) is 25.4 Å². The molecule has 1 aliphatic rings. The van der Waals surface area contributed by atoms with Gasteiger partial charge in [-0.25, -0.2) is 0 Å². The normalized spacial score (nSPS) is 28.1. The van der Waals surface area contributed by atoms with Crippen LogP contribution in [0.2, 0.25) is 0 Å². The van der Waals surface area contributed by atoms with Crippen molar-refractivity contribution >= 4 is 0 Å². The number of hydrogen-bond acceptors (Lipinski definition) is 3. The van der Waals surface area contributed by atoms with Gasteiger partial charge in [0.05, 0.1) is 20.3 Å². The molecule has 0 radical (unpaired) electrons. The number of methoxy groups -OCH3 is 2. The van der Waals surface area contributed by atoms with E-state index in [-0.39, 0.29) is 12.0 Å². The first-order valence-electron chi connectivity index (χ1n) is 6.07. The summed E-state index contributed by atoms with van der Waals surface area (Å²) in [4.78, 5) is 0. The summed E-state index contributed by atoms with van der Waals surface area (Å²) < 4.78 is 10.6. The minimum atomic E-state index is -0.188. The lowest BCUT2D eigenvalue weighted by atomic mass is 9.89. The van der Waals surface area contributed by atoms with Crippen LogP contribution in [0, 0.1) is 5.92 Å². The summed E-state index contributed by atoms with van der Waals surface area (Å²) in [6.07, 6.45) is 1.71. The van der Waals surface area contributed by atoms with Gasteiger partial charge in [-0.05, 0) is 36.3 Å². The van der Waals surface area contributed by atoms with E-state index in [1.54, 1.807) is 14.2 Å². The molecule has 0 bridgehead atoms. The van der Waals surface area contributed by atoms with Gasteiger partial charge in [0.15, 0.2) is 0 Å². The van der Waals surface area contributed by atoms with E-state index in [9.17, 15) is 5.11 Å². The lowest BCUT2D eigenvalue weighted by Gasteiger charge is -2.20. The first-order valence-corrected chi connectivity index (χ1v) is 6.07. The highest BCUT2D eigenvalue weighted by atomic mass is 16.5. The SMILES string of the molecule is COc1ccc(C2CCC(O)C2C)c(OC)c1. The number of rotatable bonds is 3. The van der Waals surface area contributed by atoms with Gasteiger partial charge < -0.3 is 14.6 Å². The van der Waals surface area contributed by atoms with Crippen molar-refractivity contribution in [3.63, 3.8) is 0 Å². The van der Waals surface area contributed by atoms with Crippen molar-refractivity contribution in [1.82, 2.24) is 0 Å². The van der Waals surface area contributed by atoms with E-state index < -0.39 is 0 Å². The topological polar surface area (TPSA) is 38.7 Å². The van der Waals surface area contributed by atoms with Crippen LogP contribution in [0.5, 0.6) is 11.5 Å². The molecule has 0 spiro atoms. The van der Waals surface area contributed by atoms with Crippen LogP contribution >= 0.6 is 0 Å². The predicted molar refractivity (Wildman–Crippen MR) is 66.7 cm³/mol. The molecule has 0 aliphatic heterocycles. The van der Waals surface area contributed by atoms with E-state index >= 15 is 0 Å². The van der Waals surface area contributed by atoms with Crippen LogP contribution in [-0.2, 0) is 0 Å². The Morgan fingerprint density at radius 1 is 1.18 bits per heavy atom. The molecule has 2 rings (SSSR count). The average Bonchev–Trinajstić information content (AvgIpc) is 2.69. The maximum absolute atomic E-state index is 9.83. The van der Waals surface area contributed by atoms with E-state index in [2.05, 4.69) is 13.0 Å². The van der Waals surface area contributed by atoms with E-state index in [0.717, 1.165) is 24.3 Å². The van der Waals surface area contributed by atoms with Crippen molar-refractivity contribution in [3.05, 3.63) is 23.8 Å². The lowest BCUT2D eigenvalue weighted by molar-refractivity contribution is 0.136. The number of aliphatic hydroxyl groups is 1. The van der Waals surface area contributed by atoms with Gasteiger partial charge in [0.2, 0.25) is 0 Å². The monoisotopic (exact) mass is 236 g/mol. The molecule has 3 unspecified atom stereocenters. The molecule has 1 aromatic carbocycles. The molecule has 1 fully saturated rings. The van der Waals surface area contributed by atoms with Gasteiger partial charge in [-0.2, -0.15) is 0 Å². The van der Waals surface area contributed by atoms with Crippen molar-refractivity contribution in [2.24, 2.45) is 5.92 Å². The number of aliphatic hydroxyl groups excluding tert-OH is 1. The fourth-order valence-corrected chi connectivity index (χ4v) is 2.71. The maximum Gasteiger partial charge on any atom is 0.126 e. The zero-order chi connectivity index (χ0) is 12.4. The zero-order valence-corrected chi connectivity index (χ0v) is 10.6. The van der Waals surface area contributed by atoms with Crippen molar-refractivity contribution in [2.75, 3.05) is 14.2 Å². The molecule has 3 nitrogen and oxygen atoms in total. The van der Waals surface area contributed by atoms with Crippen molar-refractivity contribution in [2.45, 2.75) is 31.8 Å². The number of hydrogen-bond donors (Lipinski definition) is 1. The largest absolute Gasteiger partial charge is 0.497 e. The third-order valence-electron chi connectivity index (χ3n) is 3.86. The van der Waals surface area contributed by atoms with Gasteiger partial charge in [0.1, 0.15) is 11.5 Å². The maximum atomic E-state index is 9.83. The Labute approximate surface area is 102 Å². The molecule has 0 saturated heterocycles. The van der Waals surface area contributed by atoms with Crippen LogP contribution < -0.4 is 9.47 Å². The summed E-state index contributed by atoms with van der Waals surface area (Å²) >= 11 is 0. The summed E-state index contributed by atoms with van der Waals surface area (Å²) in [7, 11) is 3.32. The second-order valence-corrected chi connectivity index (χ2v) is 4.72. The Bertz CT molecular complexity index is 389. The third-order valence-corrected chi connectivity index (χ3v) is 3.86. The van der Waals surface area contributed by atoms with Crippen molar-refractivity contribution in [1.29, 1.82) is 0 Å². The van der Waals surface area contributed by atoms with Crippen molar-refractivity contribution < 1.29 is 14.6 Å². The van der Waals surface area contributed by atoms with Crippen molar-refractivity contribution in [3.8, 4) is 11.5 Å². The Balaban J connectivity index is 2.32. The summed E-state index contributed by atoms with van der Waals surface area (Å²) in [5, 5.41) is 9.83. The van der Waals surface area contributed by atoms with Gasteiger partial charge in [0.25, 0.3) is 0 Å². The van der Waals surface area contributed by atoms with E-state index in [1.165, 1.54) is 5.56 Å².